The predicted octanol–water partition coefficient (Wildman–Crippen LogP) is 2.96. The first-order chi connectivity index (χ1) is 14.0. The van der Waals surface area contributed by atoms with E-state index < -0.39 is 10.8 Å². The Kier molecular flexibility index (Phi) is 9.64. The van der Waals surface area contributed by atoms with Gasteiger partial charge in [-0.05, 0) is 50.3 Å². The molecule has 7 heteroatoms. The maximum atomic E-state index is 12.3. The quantitative estimate of drug-likeness (QED) is 0.446. The normalized spacial score (nSPS) is 21.9. The number of rotatable bonds is 8. The first-order valence-electron chi connectivity index (χ1n) is 10.7. The molecule has 2 rings (SSSR count). The van der Waals surface area contributed by atoms with Gasteiger partial charge in [0.25, 0.3) is 5.91 Å². The van der Waals surface area contributed by atoms with E-state index in [4.69, 9.17) is 0 Å². The van der Waals surface area contributed by atoms with Crippen molar-refractivity contribution in [1.82, 2.24) is 16.0 Å². The largest absolute Gasteiger partial charge is 0.354 e. The van der Waals surface area contributed by atoms with Gasteiger partial charge in [-0.15, -0.1) is 0 Å². The number of guanidine groups is 1. The van der Waals surface area contributed by atoms with Gasteiger partial charge in [-0.3, -0.25) is 14.0 Å². The first-order valence-corrected chi connectivity index (χ1v) is 12.1. The van der Waals surface area contributed by atoms with Gasteiger partial charge < -0.3 is 16.0 Å². The van der Waals surface area contributed by atoms with E-state index in [0.717, 1.165) is 49.4 Å². The number of carbonyl (C=O) groups excluding carboxylic acids is 1. The van der Waals surface area contributed by atoms with Crippen LogP contribution < -0.4 is 16.0 Å². The van der Waals surface area contributed by atoms with Crippen molar-refractivity contribution in [2.24, 2.45) is 4.99 Å². The van der Waals surface area contributed by atoms with E-state index in [1.165, 1.54) is 0 Å². The molecule has 0 bridgehead atoms. The molecule has 1 aliphatic rings. The van der Waals surface area contributed by atoms with Crippen LogP contribution in [0.4, 0.5) is 0 Å². The number of hydrogen-bond donors (Lipinski definition) is 3. The molecule has 4 atom stereocenters. The van der Waals surface area contributed by atoms with Gasteiger partial charge in [0.15, 0.2) is 5.96 Å². The topological polar surface area (TPSA) is 82.6 Å². The zero-order chi connectivity index (χ0) is 21.2. The van der Waals surface area contributed by atoms with Crippen molar-refractivity contribution < 1.29 is 9.00 Å². The third kappa shape index (κ3) is 7.46. The molecule has 1 fully saturated rings. The molecule has 1 amide bonds. The van der Waals surface area contributed by atoms with Crippen LogP contribution in [0.25, 0.3) is 0 Å². The first kappa shape index (κ1) is 23.4. The lowest BCUT2D eigenvalue weighted by Gasteiger charge is -2.30. The molecule has 6 nitrogen and oxygen atoms in total. The molecule has 0 saturated heterocycles. The summed E-state index contributed by atoms with van der Waals surface area (Å²) < 4.78 is 12.2. The number of carbonyl (C=O) groups is 1. The van der Waals surface area contributed by atoms with E-state index in [2.05, 4.69) is 27.9 Å². The average Bonchev–Trinajstić information content (AvgIpc) is 2.76. The second-order valence-corrected chi connectivity index (χ2v) is 9.71. The molecule has 0 heterocycles. The Morgan fingerprint density at radius 1 is 1.31 bits per heavy atom. The van der Waals surface area contributed by atoms with Crippen molar-refractivity contribution in [1.29, 1.82) is 0 Å². The maximum Gasteiger partial charge on any atom is 0.251 e. The second kappa shape index (κ2) is 12.0. The molecule has 29 heavy (non-hydrogen) atoms. The number of nitrogens with zero attached hydrogens (tertiary/aromatic N) is 1. The SMILES string of the molecule is CCC(C)NC(=O)c1cccc(CNC(=NC)NC2CCCC(S(=O)CC)C2)c1. The third-order valence-corrected chi connectivity index (χ3v) is 7.23. The highest BCUT2D eigenvalue weighted by atomic mass is 32.2. The molecule has 0 aromatic heterocycles. The van der Waals surface area contributed by atoms with Crippen molar-refractivity contribution >= 4 is 22.7 Å². The Morgan fingerprint density at radius 2 is 2.10 bits per heavy atom. The van der Waals surface area contributed by atoms with Gasteiger partial charge in [-0.2, -0.15) is 0 Å². The number of amides is 1. The van der Waals surface area contributed by atoms with Gasteiger partial charge >= 0.3 is 0 Å². The standard InChI is InChI=1S/C22H36N4O2S/c1-5-16(3)25-21(27)18-10-7-9-17(13-18)15-24-22(23-4)26-19-11-8-12-20(14-19)29(28)6-2/h7,9-10,13,16,19-20H,5-6,8,11-12,14-15H2,1-4H3,(H,25,27)(H2,23,24,26). The molecule has 162 valence electrons. The second-order valence-electron chi connectivity index (χ2n) is 7.71. The number of hydrogen-bond acceptors (Lipinski definition) is 3. The summed E-state index contributed by atoms with van der Waals surface area (Å²) in [5, 5.41) is 10.1. The molecule has 1 aromatic rings. The van der Waals surface area contributed by atoms with Crippen LogP contribution in [0.3, 0.4) is 0 Å². The van der Waals surface area contributed by atoms with E-state index in [1.54, 1.807) is 7.05 Å². The highest BCUT2D eigenvalue weighted by molar-refractivity contribution is 7.85. The van der Waals surface area contributed by atoms with Gasteiger partial charge in [0.05, 0.1) is 0 Å². The molecule has 0 spiro atoms. The molecule has 0 aliphatic heterocycles. The summed E-state index contributed by atoms with van der Waals surface area (Å²) in [5.41, 5.74) is 1.70. The molecule has 1 saturated carbocycles. The van der Waals surface area contributed by atoms with Crippen LogP contribution in [-0.2, 0) is 17.3 Å². The van der Waals surface area contributed by atoms with Gasteiger partial charge in [0.2, 0.25) is 0 Å². The molecule has 1 aromatic carbocycles. The van der Waals surface area contributed by atoms with Crippen LogP contribution in [-0.4, -0.2) is 46.2 Å². The van der Waals surface area contributed by atoms with Crippen molar-refractivity contribution in [2.75, 3.05) is 12.8 Å². The summed E-state index contributed by atoms with van der Waals surface area (Å²) in [4.78, 5) is 16.7. The number of aliphatic imine (C=N–C) groups is 1. The van der Waals surface area contributed by atoms with Crippen LogP contribution in [0.15, 0.2) is 29.3 Å². The zero-order valence-electron chi connectivity index (χ0n) is 18.2. The Morgan fingerprint density at radius 3 is 2.79 bits per heavy atom. The molecule has 0 radical (unpaired) electrons. The molecule has 1 aliphatic carbocycles. The number of benzene rings is 1. The lowest BCUT2D eigenvalue weighted by Crippen LogP contribution is -2.46. The van der Waals surface area contributed by atoms with Crippen LogP contribution in [0, 0.1) is 0 Å². The minimum atomic E-state index is -0.735. The Labute approximate surface area is 177 Å². The summed E-state index contributed by atoms with van der Waals surface area (Å²) in [6, 6.07) is 8.12. The van der Waals surface area contributed by atoms with Crippen molar-refractivity contribution in [3.8, 4) is 0 Å². The van der Waals surface area contributed by atoms with Crippen LogP contribution in [0.1, 0.15) is 68.8 Å². The fraction of sp³-hybridized carbons (Fsp3) is 0.636. The Hall–Kier alpha value is -1.89. The Bertz CT molecular complexity index is 723. The van der Waals surface area contributed by atoms with Crippen LogP contribution in [0.5, 0.6) is 0 Å². The summed E-state index contributed by atoms with van der Waals surface area (Å²) >= 11 is 0. The van der Waals surface area contributed by atoms with Crippen LogP contribution in [0.2, 0.25) is 0 Å². The van der Waals surface area contributed by atoms with E-state index in [0.29, 0.717) is 18.2 Å². The molecule has 4 unspecified atom stereocenters. The highest BCUT2D eigenvalue weighted by Gasteiger charge is 2.26. The van der Waals surface area contributed by atoms with E-state index in [1.807, 2.05) is 38.1 Å². The summed E-state index contributed by atoms with van der Waals surface area (Å²) in [6.07, 6.45) is 5.05. The minimum absolute atomic E-state index is 0.0409. The smallest absolute Gasteiger partial charge is 0.251 e. The van der Waals surface area contributed by atoms with Gasteiger partial charge in [-0.1, -0.05) is 32.4 Å². The minimum Gasteiger partial charge on any atom is -0.354 e. The lowest BCUT2D eigenvalue weighted by molar-refractivity contribution is 0.0939. The van der Waals surface area contributed by atoms with Crippen molar-refractivity contribution in [2.45, 2.75) is 76.8 Å². The number of nitrogens with one attached hydrogen (secondary N) is 3. The summed E-state index contributed by atoms with van der Waals surface area (Å²) in [5.74, 6) is 1.43. The van der Waals surface area contributed by atoms with Crippen LogP contribution >= 0.6 is 0 Å². The zero-order valence-corrected chi connectivity index (χ0v) is 19.0. The predicted molar refractivity (Wildman–Crippen MR) is 122 cm³/mol. The van der Waals surface area contributed by atoms with E-state index >= 15 is 0 Å². The molecule has 3 N–H and O–H groups in total. The summed E-state index contributed by atoms with van der Waals surface area (Å²) in [7, 11) is 1.02. The van der Waals surface area contributed by atoms with E-state index in [-0.39, 0.29) is 17.2 Å². The maximum absolute atomic E-state index is 12.3. The van der Waals surface area contributed by atoms with Gasteiger partial charge in [-0.25, -0.2) is 0 Å². The fourth-order valence-electron chi connectivity index (χ4n) is 3.56. The monoisotopic (exact) mass is 420 g/mol. The van der Waals surface area contributed by atoms with Crippen molar-refractivity contribution in [3.63, 3.8) is 0 Å². The fourth-order valence-corrected chi connectivity index (χ4v) is 4.90. The Balaban J connectivity index is 1.90. The third-order valence-electron chi connectivity index (χ3n) is 5.49. The molecular weight excluding hydrogens is 384 g/mol. The average molecular weight is 421 g/mol. The van der Waals surface area contributed by atoms with Gasteiger partial charge in [0.1, 0.15) is 0 Å². The highest BCUT2D eigenvalue weighted by Crippen LogP contribution is 2.23. The van der Waals surface area contributed by atoms with E-state index in [9.17, 15) is 9.00 Å². The van der Waals surface area contributed by atoms with Crippen molar-refractivity contribution in [3.05, 3.63) is 35.4 Å². The lowest BCUT2D eigenvalue weighted by atomic mass is 9.95. The summed E-state index contributed by atoms with van der Waals surface area (Å²) in [6.45, 7) is 6.63. The van der Waals surface area contributed by atoms with Gasteiger partial charge in [0, 0.05) is 53.0 Å². The molecular formula is C22H36N4O2S.